The van der Waals surface area contributed by atoms with Crippen molar-refractivity contribution in [2.45, 2.75) is 57.2 Å². The number of fused-ring (bicyclic) bond motifs is 2. The fourth-order valence-electron chi connectivity index (χ4n) is 5.15. The predicted octanol–water partition coefficient (Wildman–Crippen LogP) is 4.98. The van der Waals surface area contributed by atoms with E-state index < -0.39 is 0 Å². The molecule has 0 N–H and O–H groups in total. The highest BCUT2D eigenvalue weighted by Gasteiger charge is 2.44. The van der Waals surface area contributed by atoms with E-state index in [4.69, 9.17) is 16.3 Å². The standard InChI is InChI=1S/C23H27ClN2O2S/c1-16-14-23(22-18(8-12-28-23)13-20(24)29-22)9-11-25(16)15-17-4-6-19(7-5-17)26-10-2-3-21(26)27/h4-7,13,16H,2-3,8-12,14-15H2,1H3/t16-,23+/m0/s1. The summed E-state index contributed by atoms with van der Waals surface area (Å²) < 4.78 is 7.27. The van der Waals surface area contributed by atoms with Crippen molar-refractivity contribution in [2.24, 2.45) is 0 Å². The van der Waals surface area contributed by atoms with Crippen LogP contribution in [0.3, 0.4) is 0 Å². The van der Waals surface area contributed by atoms with Gasteiger partial charge in [0.25, 0.3) is 0 Å². The summed E-state index contributed by atoms with van der Waals surface area (Å²) in [6.45, 7) is 5.90. The molecule has 154 valence electrons. The van der Waals surface area contributed by atoms with Gasteiger partial charge in [0.05, 0.1) is 10.9 Å². The molecule has 2 atom stereocenters. The van der Waals surface area contributed by atoms with Crippen LogP contribution in [0.5, 0.6) is 0 Å². The summed E-state index contributed by atoms with van der Waals surface area (Å²) in [5.41, 5.74) is 3.56. The lowest BCUT2D eigenvalue weighted by atomic mass is 9.82. The van der Waals surface area contributed by atoms with Gasteiger partial charge in [0, 0.05) is 42.7 Å². The summed E-state index contributed by atoms with van der Waals surface area (Å²) in [7, 11) is 0. The summed E-state index contributed by atoms with van der Waals surface area (Å²) in [5, 5.41) is 0. The van der Waals surface area contributed by atoms with Gasteiger partial charge >= 0.3 is 0 Å². The van der Waals surface area contributed by atoms with Gasteiger partial charge in [-0.2, -0.15) is 0 Å². The van der Waals surface area contributed by atoms with E-state index in [-0.39, 0.29) is 11.5 Å². The van der Waals surface area contributed by atoms with Gasteiger partial charge in [-0.15, -0.1) is 11.3 Å². The Kier molecular flexibility index (Phi) is 5.19. The molecule has 0 radical (unpaired) electrons. The number of thiophene rings is 1. The van der Waals surface area contributed by atoms with Crippen LogP contribution in [0.4, 0.5) is 5.69 Å². The first-order valence-electron chi connectivity index (χ1n) is 10.6. The van der Waals surface area contributed by atoms with Crippen LogP contribution >= 0.6 is 22.9 Å². The van der Waals surface area contributed by atoms with Crippen molar-refractivity contribution >= 4 is 34.5 Å². The van der Waals surface area contributed by atoms with Crippen molar-refractivity contribution in [2.75, 3.05) is 24.6 Å². The minimum atomic E-state index is -0.152. The highest BCUT2D eigenvalue weighted by molar-refractivity contribution is 7.16. The van der Waals surface area contributed by atoms with Crippen molar-refractivity contribution in [3.8, 4) is 0 Å². The van der Waals surface area contributed by atoms with Crippen LogP contribution < -0.4 is 4.90 Å². The molecule has 2 fully saturated rings. The molecule has 5 rings (SSSR count). The largest absolute Gasteiger partial charge is 0.369 e. The SMILES string of the molecule is C[C@H]1C[C@@]2(CCN1Cc1ccc(N3CCCC3=O)cc1)OCCc1cc(Cl)sc12. The number of amides is 1. The minimum Gasteiger partial charge on any atom is -0.369 e. The van der Waals surface area contributed by atoms with Crippen molar-refractivity contribution in [1.29, 1.82) is 0 Å². The van der Waals surface area contributed by atoms with Gasteiger partial charge in [0.15, 0.2) is 0 Å². The van der Waals surface area contributed by atoms with Crippen LogP contribution in [0.1, 0.15) is 48.6 Å². The minimum absolute atomic E-state index is 0.152. The zero-order chi connectivity index (χ0) is 20.0. The van der Waals surface area contributed by atoms with Crippen molar-refractivity contribution in [3.05, 3.63) is 50.7 Å². The van der Waals surface area contributed by atoms with Crippen LogP contribution in [0, 0.1) is 0 Å². The van der Waals surface area contributed by atoms with Crippen LogP contribution in [0.15, 0.2) is 30.3 Å². The maximum absolute atomic E-state index is 12.0. The molecule has 0 saturated carbocycles. The third-order valence-corrected chi connectivity index (χ3v) is 8.19. The quantitative estimate of drug-likeness (QED) is 0.688. The molecular formula is C23H27ClN2O2S. The van der Waals surface area contributed by atoms with Crippen LogP contribution in [0.25, 0.3) is 0 Å². The number of nitrogens with zero attached hydrogens (tertiary/aromatic N) is 2. The third kappa shape index (κ3) is 3.63. The fraction of sp³-hybridized carbons (Fsp3) is 0.522. The lowest BCUT2D eigenvalue weighted by Crippen LogP contribution is -2.49. The molecule has 29 heavy (non-hydrogen) atoms. The third-order valence-electron chi connectivity index (χ3n) is 6.70. The van der Waals surface area contributed by atoms with Crippen molar-refractivity contribution < 1.29 is 9.53 Å². The molecule has 2 saturated heterocycles. The molecule has 4 nitrogen and oxygen atoms in total. The summed E-state index contributed by atoms with van der Waals surface area (Å²) in [6, 6.07) is 11.1. The van der Waals surface area contributed by atoms with Gasteiger partial charge in [-0.05, 0) is 61.9 Å². The molecule has 0 unspecified atom stereocenters. The molecule has 1 aromatic heterocycles. The Morgan fingerprint density at radius 2 is 2.07 bits per heavy atom. The number of likely N-dealkylation sites (tertiary alicyclic amines) is 1. The second kappa shape index (κ2) is 7.69. The zero-order valence-corrected chi connectivity index (χ0v) is 18.4. The summed E-state index contributed by atoms with van der Waals surface area (Å²) in [4.78, 5) is 17.8. The summed E-state index contributed by atoms with van der Waals surface area (Å²) in [6.07, 6.45) is 4.64. The summed E-state index contributed by atoms with van der Waals surface area (Å²) >= 11 is 8.03. The first-order chi connectivity index (χ1) is 14.0. The van der Waals surface area contributed by atoms with E-state index in [1.54, 1.807) is 11.3 Å². The molecule has 1 aromatic carbocycles. The van der Waals surface area contributed by atoms with E-state index in [0.29, 0.717) is 12.5 Å². The highest BCUT2D eigenvalue weighted by atomic mass is 35.5. The number of benzene rings is 1. The lowest BCUT2D eigenvalue weighted by molar-refractivity contribution is -0.117. The number of hydrogen-bond acceptors (Lipinski definition) is 4. The molecule has 6 heteroatoms. The molecule has 3 aliphatic rings. The van der Waals surface area contributed by atoms with E-state index in [1.165, 1.54) is 16.0 Å². The number of ether oxygens (including phenoxy) is 1. The van der Waals surface area contributed by atoms with E-state index in [9.17, 15) is 4.79 Å². The highest BCUT2D eigenvalue weighted by Crippen LogP contribution is 2.48. The van der Waals surface area contributed by atoms with Gasteiger partial charge in [0.1, 0.15) is 5.60 Å². The molecule has 4 heterocycles. The van der Waals surface area contributed by atoms with E-state index in [2.05, 4.69) is 42.2 Å². The summed E-state index contributed by atoms with van der Waals surface area (Å²) in [5.74, 6) is 0.244. The maximum Gasteiger partial charge on any atom is 0.227 e. The topological polar surface area (TPSA) is 32.8 Å². The monoisotopic (exact) mass is 430 g/mol. The Morgan fingerprint density at radius 3 is 2.79 bits per heavy atom. The number of hydrogen-bond donors (Lipinski definition) is 0. The van der Waals surface area contributed by atoms with E-state index >= 15 is 0 Å². The van der Waals surface area contributed by atoms with Gasteiger partial charge in [-0.3, -0.25) is 9.69 Å². The Labute approximate surface area is 181 Å². The second-order valence-corrected chi connectivity index (χ2v) is 10.3. The Hall–Kier alpha value is -1.40. The van der Waals surface area contributed by atoms with Crippen LogP contribution in [0.2, 0.25) is 4.34 Å². The van der Waals surface area contributed by atoms with Crippen molar-refractivity contribution in [3.63, 3.8) is 0 Å². The number of rotatable bonds is 3. The van der Waals surface area contributed by atoms with Gasteiger partial charge < -0.3 is 9.64 Å². The fourth-order valence-corrected chi connectivity index (χ4v) is 6.63. The normalized spacial score (nSPS) is 27.6. The lowest BCUT2D eigenvalue weighted by Gasteiger charge is -2.47. The molecule has 0 bridgehead atoms. The first-order valence-corrected chi connectivity index (χ1v) is 11.8. The van der Waals surface area contributed by atoms with Crippen LogP contribution in [-0.2, 0) is 28.1 Å². The first kappa shape index (κ1) is 19.6. The van der Waals surface area contributed by atoms with Crippen molar-refractivity contribution in [1.82, 2.24) is 4.90 Å². The Bertz CT molecular complexity index is 912. The molecule has 1 spiro atoms. The molecule has 1 amide bonds. The number of carbonyl (C=O) groups excluding carboxylic acids is 1. The number of carbonyl (C=O) groups is 1. The molecule has 2 aromatic rings. The zero-order valence-electron chi connectivity index (χ0n) is 16.8. The molecule has 0 aliphatic carbocycles. The molecule has 3 aliphatic heterocycles. The van der Waals surface area contributed by atoms with Crippen LogP contribution in [-0.4, -0.2) is 36.5 Å². The maximum atomic E-state index is 12.0. The number of piperidine rings is 1. The second-order valence-electron chi connectivity index (χ2n) is 8.59. The Morgan fingerprint density at radius 1 is 1.24 bits per heavy atom. The van der Waals surface area contributed by atoms with E-state index in [1.807, 2.05) is 4.90 Å². The van der Waals surface area contributed by atoms with Gasteiger partial charge in [-0.1, -0.05) is 23.7 Å². The van der Waals surface area contributed by atoms with E-state index in [0.717, 1.165) is 61.9 Å². The smallest absolute Gasteiger partial charge is 0.227 e. The number of halogens is 1. The number of anilines is 1. The average Bonchev–Trinajstić information content (AvgIpc) is 3.31. The predicted molar refractivity (Wildman–Crippen MR) is 118 cm³/mol. The van der Waals surface area contributed by atoms with Gasteiger partial charge in [0.2, 0.25) is 5.91 Å². The average molecular weight is 431 g/mol. The Balaban J connectivity index is 1.27. The molecular weight excluding hydrogens is 404 g/mol. The van der Waals surface area contributed by atoms with Gasteiger partial charge in [-0.25, -0.2) is 0 Å².